The van der Waals surface area contributed by atoms with Gasteiger partial charge in [-0.15, -0.1) is 0 Å². The van der Waals surface area contributed by atoms with E-state index < -0.39 is 23.6 Å². The molecule has 0 spiro atoms. The lowest BCUT2D eigenvalue weighted by atomic mass is 10.2. The SMILES string of the molecule is COC(=O)/C=C(/Nc1ccc(F)cc1F)C(=O)OC. The van der Waals surface area contributed by atoms with Crippen molar-refractivity contribution < 1.29 is 27.8 Å². The van der Waals surface area contributed by atoms with Gasteiger partial charge >= 0.3 is 11.9 Å². The second-order valence-corrected chi connectivity index (χ2v) is 3.32. The average molecular weight is 271 g/mol. The summed E-state index contributed by atoms with van der Waals surface area (Å²) in [6, 6.07) is 2.71. The molecular weight excluding hydrogens is 260 g/mol. The van der Waals surface area contributed by atoms with E-state index in [4.69, 9.17) is 0 Å². The summed E-state index contributed by atoms with van der Waals surface area (Å²) in [5, 5.41) is 2.33. The molecule has 0 radical (unpaired) electrons. The quantitative estimate of drug-likeness (QED) is 0.665. The molecule has 0 heterocycles. The molecule has 0 saturated heterocycles. The van der Waals surface area contributed by atoms with E-state index >= 15 is 0 Å². The highest BCUT2D eigenvalue weighted by Gasteiger charge is 2.14. The lowest BCUT2D eigenvalue weighted by Crippen LogP contribution is -2.16. The topological polar surface area (TPSA) is 64.6 Å². The molecule has 0 aliphatic carbocycles. The van der Waals surface area contributed by atoms with Gasteiger partial charge < -0.3 is 14.8 Å². The molecule has 1 aromatic rings. The van der Waals surface area contributed by atoms with E-state index in [1.54, 1.807) is 0 Å². The van der Waals surface area contributed by atoms with Gasteiger partial charge in [-0.2, -0.15) is 0 Å². The summed E-state index contributed by atoms with van der Waals surface area (Å²) in [5.74, 6) is -3.40. The van der Waals surface area contributed by atoms with Crippen molar-refractivity contribution in [1.82, 2.24) is 0 Å². The number of anilines is 1. The van der Waals surface area contributed by atoms with E-state index in [-0.39, 0.29) is 11.4 Å². The summed E-state index contributed by atoms with van der Waals surface area (Å²) < 4.78 is 34.9. The van der Waals surface area contributed by atoms with Crippen LogP contribution in [0.1, 0.15) is 0 Å². The monoisotopic (exact) mass is 271 g/mol. The molecule has 1 rings (SSSR count). The fraction of sp³-hybridized carbons (Fsp3) is 0.167. The van der Waals surface area contributed by atoms with Crippen molar-refractivity contribution in [2.45, 2.75) is 0 Å². The molecule has 0 bridgehead atoms. The number of methoxy groups -OCH3 is 2. The van der Waals surface area contributed by atoms with Gasteiger partial charge in [0.15, 0.2) is 0 Å². The maximum atomic E-state index is 13.4. The highest BCUT2D eigenvalue weighted by Crippen LogP contribution is 2.17. The summed E-state index contributed by atoms with van der Waals surface area (Å²) in [6.45, 7) is 0. The first-order chi connectivity index (χ1) is 8.97. The van der Waals surface area contributed by atoms with E-state index in [1.165, 1.54) is 0 Å². The fourth-order valence-electron chi connectivity index (χ4n) is 1.17. The van der Waals surface area contributed by atoms with Gasteiger partial charge in [0.1, 0.15) is 17.3 Å². The summed E-state index contributed by atoms with van der Waals surface area (Å²) in [4.78, 5) is 22.5. The lowest BCUT2D eigenvalue weighted by molar-refractivity contribution is -0.138. The zero-order valence-corrected chi connectivity index (χ0v) is 10.2. The Morgan fingerprint density at radius 1 is 1.21 bits per heavy atom. The van der Waals surface area contributed by atoms with Crippen LogP contribution in [0.5, 0.6) is 0 Å². The molecule has 0 amide bonds. The maximum absolute atomic E-state index is 13.4. The average Bonchev–Trinajstić information content (AvgIpc) is 2.39. The van der Waals surface area contributed by atoms with Gasteiger partial charge in [0.2, 0.25) is 0 Å². The van der Waals surface area contributed by atoms with E-state index in [2.05, 4.69) is 14.8 Å². The molecule has 0 fully saturated rings. The molecule has 19 heavy (non-hydrogen) atoms. The summed E-state index contributed by atoms with van der Waals surface area (Å²) in [5.41, 5.74) is -0.512. The number of carbonyl (C=O) groups excluding carboxylic acids is 2. The Kier molecular flexibility index (Phi) is 4.99. The van der Waals surface area contributed by atoms with Crippen molar-refractivity contribution in [1.29, 1.82) is 0 Å². The summed E-state index contributed by atoms with van der Waals surface area (Å²) in [7, 11) is 2.21. The number of benzene rings is 1. The largest absolute Gasteiger partial charge is 0.466 e. The zero-order chi connectivity index (χ0) is 14.4. The normalized spacial score (nSPS) is 10.8. The molecule has 0 saturated carbocycles. The van der Waals surface area contributed by atoms with Crippen LogP contribution in [-0.4, -0.2) is 26.2 Å². The van der Waals surface area contributed by atoms with Gasteiger partial charge in [-0.25, -0.2) is 18.4 Å². The molecule has 1 N–H and O–H groups in total. The van der Waals surface area contributed by atoms with Crippen LogP contribution in [-0.2, 0) is 19.1 Å². The second kappa shape index (κ2) is 6.48. The Bertz CT molecular complexity index is 528. The molecule has 7 heteroatoms. The fourth-order valence-corrected chi connectivity index (χ4v) is 1.17. The van der Waals surface area contributed by atoms with Crippen LogP contribution in [0.25, 0.3) is 0 Å². The van der Waals surface area contributed by atoms with Crippen molar-refractivity contribution >= 4 is 17.6 Å². The molecule has 0 aliphatic rings. The van der Waals surface area contributed by atoms with Crippen LogP contribution in [0.4, 0.5) is 14.5 Å². The number of esters is 2. The van der Waals surface area contributed by atoms with E-state index in [1.807, 2.05) is 0 Å². The predicted molar refractivity (Wildman–Crippen MR) is 62.1 cm³/mol. The van der Waals surface area contributed by atoms with Gasteiger partial charge in [-0.05, 0) is 12.1 Å². The second-order valence-electron chi connectivity index (χ2n) is 3.32. The van der Waals surface area contributed by atoms with Crippen LogP contribution in [0.2, 0.25) is 0 Å². The van der Waals surface area contributed by atoms with Crippen molar-refractivity contribution in [2.24, 2.45) is 0 Å². The molecule has 0 unspecified atom stereocenters. The van der Waals surface area contributed by atoms with Crippen LogP contribution in [0.3, 0.4) is 0 Å². The number of nitrogens with one attached hydrogen (secondary N) is 1. The molecule has 0 atom stereocenters. The minimum absolute atomic E-state index is 0.179. The first-order valence-electron chi connectivity index (χ1n) is 5.08. The molecule has 5 nitrogen and oxygen atoms in total. The maximum Gasteiger partial charge on any atom is 0.354 e. The Labute approximate surface area is 107 Å². The van der Waals surface area contributed by atoms with Crippen LogP contribution < -0.4 is 5.32 Å². The Morgan fingerprint density at radius 3 is 2.42 bits per heavy atom. The summed E-state index contributed by atoms with van der Waals surface area (Å²) >= 11 is 0. The van der Waals surface area contributed by atoms with Crippen LogP contribution >= 0.6 is 0 Å². The Morgan fingerprint density at radius 2 is 1.89 bits per heavy atom. The van der Waals surface area contributed by atoms with Crippen molar-refractivity contribution in [3.8, 4) is 0 Å². The molecule has 102 valence electrons. The standard InChI is InChI=1S/C12H11F2NO4/c1-18-11(16)6-10(12(17)19-2)15-9-4-3-7(13)5-8(9)14/h3-6,15H,1-2H3/b10-6+. The number of ether oxygens (including phenoxy) is 2. The van der Waals surface area contributed by atoms with Crippen molar-refractivity contribution in [3.05, 3.63) is 41.6 Å². The van der Waals surface area contributed by atoms with Gasteiger partial charge in [0.05, 0.1) is 26.0 Å². The number of hydrogen-bond acceptors (Lipinski definition) is 5. The number of halogens is 2. The third-order valence-electron chi connectivity index (χ3n) is 2.07. The first-order valence-corrected chi connectivity index (χ1v) is 5.08. The Hall–Kier alpha value is -2.44. The number of carbonyl (C=O) groups is 2. The predicted octanol–water partition coefficient (Wildman–Crippen LogP) is 1.61. The molecule has 0 aromatic heterocycles. The third kappa shape index (κ3) is 4.06. The van der Waals surface area contributed by atoms with Gasteiger partial charge in [0.25, 0.3) is 0 Å². The van der Waals surface area contributed by atoms with E-state index in [0.717, 1.165) is 32.4 Å². The third-order valence-corrected chi connectivity index (χ3v) is 2.07. The van der Waals surface area contributed by atoms with Crippen LogP contribution in [0.15, 0.2) is 30.0 Å². The van der Waals surface area contributed by atoms with Gasteiger partial charge in [-0.3, -0.25) is 0 Å². The highest BCUT2D eigenvalue weighted by molar-refractivity contribution is 5.98. The van der Waals surface area contributed by atoms with Crippen LogP contribution in [0, 0.1) is 11.6 Å². The molecule has 0 aliphatic heterocycles. The van der Waals surface area contributed by atoms with E-state index in [9.17, 15) is 18.4 Å². The lowest BCUT2D eigenvalue weighted by Gasteiger charge is -2.09. The van der Waals surface area contributed by atoms with E-state index in [0.29, 0.717) is 6.07 Å². The van der Waals surface area contributed by atoms with Crippen molar-refractivity contribution in [2.75, 3.05) is 19.5 Å². The molecule has 1 aromatic carbocycles. The minimum atomic E-state index is -0.917. The van der Waals surface area contributed by atoms with Gasteiger partial charge in [-0.1, -0.05) is 0 Å². The first kappa shape index (κ1) is 14.6. The number of hydrogen-bond donors (Lipinski definition) is 1. The minimum Gasteiger partial charge on any atom is -0.466 e. The van der Waals surface area contributed by atoms with Crippen molar-refractivity contribution in [3.63, 3.8) is 0 Å². The van der Waals surface area contributed by atoms with Gasteiger partial charge in [0, 0.05) is 6.07 Å². The smallest absolute Gasteiger partial charge is 0.354 e. The summed E-state index contributed by atoms with van der Waals surface area (Å²) in [6.07, 6.45) is 0.800. The Balaban J connectivity index is 3.04. The molecular formula is C12H11F2NO4. The number of rotatable bonds is 4. The zero-order valence-electron chi connectivity index (χ0n) is 10.2. The highest BCUT2D eigenvalue weighted by atomic mass is 19.1.